The van der Waals surface area contributed by atoms with Gasteiger partial charge in [-0.15, -0.1) is 0 Å². The van der Waals surface area contributed by atoms with E-state index in [9.17, 15) is 0 Å². The second-order valence-corrected chi connectivity index (χ2v) is 4.32. The van der Waals surface area contributed by atoms with Crippen LogP contribution in [-0.2, 0) is 0 Å². The number of hydrogen-bond donors (Lipinski definition) is 0. The zero-order chi connectivity index (χ0) is 9.19. The lowest BCUT2D eigenvalue weighted by Gasteiger charge is -2.40. The zero-order valence-corrected chi connectivity index (χ0v) is 9.06. The fraction of sp³-hybridized carbons (Fsp3) is 1.00. The van der Waals surface area contributed by atoms with Gasteiger partial charge in [0.2, 0.25) is 0 Å². The van der Waals surface area contributed by atoms with Crippen molar-refractivity contribution >= 4 is 0 Å². The number of rotatable bonds is 3. The molecule has 0 bridgehead atoms. The molecule has 72 valence electrons. The van der Waals surface area contributed by atoms with E-state index >= 15 is 0 Å². The van der Waals surface area contributed by atoms with E-state index in [1.54, 1.807) is 0 Å². The molecule has 1 nitrogen and oxygen atoms in total. The van der Waals surface area contributed by atoms with Crippen LogP contribution in [0.5, 0.6) is 0 Å². The molecule has 1 fully saturated rings. The first-order chi connectivity index (χ1) is 5.66. The summed E-state index contributed by atoms with van der Waals surface area (Å²) in [5.41, 5.74) is 0.550. The van der Waals surface area contributed by atoms with Crippen LogP contribution in [0.1, 0.15) is 53.4 Å². The highest BCUT2D eigenvalue weighted by Crippen LogP contribution is 2.36. The van der Waals surface area contributed by atoms with Crippen LogP contribution in [0.3, 0.4) is 0 Å². The van der Waals surface area contributed by atoms with E-state index in [4.69, 9.17) is 0 Å². The van der Waals surface area contributed by atoms with Crippen molar-refractivity contribution in [2.75, 3.05) is 6.54 Å². The average Bonchev–Trinajstić information content (AvgIpc) is 2.48. The van der Waals surface area contributed by atoms with Gasteiger partial charge in [-0.2, -0.15) is 0 Å². The van der Waals surface area contributed by atoms with Crippen molar-refractivity contribution in [1.82, 2.24) is 4.90 Å². The Morgan fingerprint density at radius 2 is 1.83 bits per heavy atom. The lowest BCUT2D eigenvalue weighted by Crippen LogP contribution is -2.46. The maximum atomic E-state index is 2.70. The van der Waals surface area contributed by atoms with Gasteiger partial charge in [-0.3, -0.25) is 4.90 Å². The molecular weight excluding hydrogens is 146 g/mol. The molecule has 0 unspecified atom stereocenters. The number of nitrogens with zero attached hydrogens (tertiary/aromatic N) is 1. The van der Waals surface area contributed by atoms with Crippen LogP contribution in [0.15, 0.2) is 0 Å². The highest BCUT2D eigenvalue weighted by molar-refractivity contribution is 4.94. The Hall–Kier alpha value is -0.0400. The largest absolute Gasteiger partial charge is 0.295 e. The molecule has 1 heteroatoms. The first-order valence-corrected chi connectivity index (χ1v) is 5.43. The van der Waals surface area contributed by atoms with Gasteiger partial charge in [-0.25, -0.2) is 0 Å². The minimum atomic E-state index is 0.550. The standard InChI is InChI=1S/C11H23N/c1-5-11(6-2)8-7-9-12(11)10(3)4/h10H,5-9H2,1-4H3. The van der Waals surface area contributed by atoms with Crippen LogP contribution in [-0.4, -0.2) is 23.0 Å². The van der Waals surface area contributed by atoms with Crippen molar-refractivity contribution in [2.24, 2.45) is 0 Å². The van der Waals surface area contributed by atoms with E-state index in [2.05, 4.69) is 32.6 Å². The summed E-state index contributed by atoms with van der Waals surface area (Å²) in [4.78, 5) is 2.70. The maximum Gasteiger partial charge on any atom is 0.0207 e. The predicted molar refractivity (Wildman–Crippen MR) is 54.4 cm³/mol. The van der Waals surface area contributed by atoms with Crippen LogP contribution < -0.4 is 0 Å². The Morgan fingerprint density at radius 3 is 2.17 bits per heavy atom. The fourth-order valence-corrected chi connectivity index (χ4v) is 2.77. The Bertz CT molecular complexity index is 136. The van der Waals surface area contributed by atoms with Crippen LogP contribution in [0.25, 0.3) is 0 Å². The topological polar surface area (TPSA) is 3.24 Å². The molecule has 0 saturated carbocycles. The second kappa shape index (κ2) is 3.78. The zero-order valence-electron chi connectivity index (χ0n) is 9.06. The molecule has 0 aliphatic carbocycles. The summed E-state index contributed by atoms with van der Waals surface area (Å²) < 4.78 is 0. The van der Waals surface area contributed by atoms with Crippen molar-refractivity contribution in [3.8, 4) is 0 Å². The van der Waals surface area contributed by atoms with E-state index in [0.29, 0.717) is 5.54 Å². The van der Waals surface area contributed by atoms with Gasteiger partial charge >= 0.3 is 0 Å². The van der Waals surface area contributed by atoms with Crippen molar-refractivity contribution < 1.29 is 0 Å². The number of likely N-dealkylation sites (tertiary alicyclic amines) is 1. The predicted octanol–water partition coefficient (Wildman–Crippen LogP) is 3.05. The van der Waals surface area contributed by atoms with Crippen LogP contribution >= 0.6 is 0 Å². The van der Waals surface area contributed by atoms with Crippen LogP contribution in [0.4, 0.5) is 0 Å². The van der Waals surface area contributed by atoms with Crippen LogP contribution in [0.2, 0.25) is 0 Å². The molecule has 1 aliphatic rings. The minimum absolute atomic E-state index is 0.550. The van der Waals surface area contributed by atoms with Crippen molar-refractivity contribution in [2.45, 2.75) is 65.0 Å². The molecule has 1 saturated heterocycles. The molecule has 1 aliphatic heterocycles. The van der Waals surface area contributed by atoms with E-state index in [1.165, 1.54) is 32.2 Å². The summed E-state index contributed by atoms with van der Waals surface area (Å²) in [5.74, 6) is 0. The van der Waals surface area contributed by atoms with E-state index in [1.807, 2.05) is 0 Å². The van der Waals surface area contributed by atoms with E-state index in [0.717, 1.165) is 6.04 Å². The highest BCUT2D eigenvalue weighted by atomic mass is 15.2. The van der Waals surface area contributed by atoms with E-state index < -0.39 is 0 Å². The third-order valence-corrected chi connectivity index (χ3v) is 3.59. The fourth-order valence-electron chi connectivity index (χ4n) is 2.77. The Balaban J connectivity index is 2.72. The van der Waals surface area contributed by atoms with Gasteiger partial charge in [0, 0.05) is 11.6 Å². The molecule has 12 heavy (non-hydrogen) atoms. The SMILES string of the molecule is CCC1(CC)CCCN1C(C)C. The molecule has 0 atom stereocenters. The average molecular weight is 169 g/mol. The summed E-state index contributed by atoms with van der Waals surface area (Å²) in [7, 11) is 0. The van der Waals surface area contributed by atoms with Gasteiger partial charge in [0.25, 0.3) is 0 Å². The van der Waals surface area contributed by atoms with Gasteiger partial charge in [0.1, 0.15) is 0 Å². The molecule has 1 rings (SSSR count). The molecule has 0 spiro atoms. The van der Waals surface area contributed by atoms with Crippen molar-refractivity contribution in [3.63, 3.8) is 0 Å². The summed E-state index contributed by atoms with van der Waals surface area (Å²) in [5, 5.41) is 0. The normalized spacial score (nSPS) is 23.8. The first kappa shape index (κ1) is 10.0. The first-order valence-electron chi connectivity index (χ1n) is 5.43. The molecule has 0 aromatic rings. The molecule has 1 heterocycles. The maximum absolute atomic E-state index is 2.70. The second-order valence-electron chi connectivity index (χ2n) is 4.32. The molecule has 0 aromatic heterocycles. The summed E-state index contributed by atoms with van der Waals surface area (Å²) in [6.07, 6.45) is 5.46. The third kappa shape index (κ3) is 1.52. The Morgan fingerprint density at radius 1 is 1.25 bits per heavy atom. The van der Waals surface area contributed by atoms with Gasteiger partial charge in [-0.05, 0) is 46.1 Å². The third-order valence-electron chi connectivity index (χ3n) is 3.59. The Labute approximate surface area is 77.1 Å². The smallest absolute Gasteiger partial charge is 0.0207 e. The summed E-state index contributed by atoms with van der Waals surface area (Å²) in [6.45, 7) is 10.6. The van der Waals surface area contributed by atoms with E-state index in [-0.39, 0.29) is 0 Å². The lowest BCUT2D eigenvalue weighted by atomic mass is 9.89. The van der Waals surface area contributed by atoms with Gasteiger partial charge in [-0.1, -0.05) is 13.8 Å². The van der Waals surface area contributed by atoms with Gasteiger partial charge in [0.05, 0.1) is 0 Å². The molecule has 0 aromatic carbocycles. The summed E-state index contributed by atoms with van der Waals surface area (Å²) >= 11 is 0. The molecule has 0 amide bonds. The van der Waals surface area contributed by atoms with Gasteiger partial charge < -0.3 is 0 Å². The lowest BCUT2D eigenvalue weighted by molar-refractivity contribution is 0.0932. The molecular formula is C11H23N. The highest BCUT2D eigenvalue weighted by Gasteiger charge is 2.38. The summed E-state index contributed by atoms with van der Waals surface area (Å²) in [6, 6.07) is 0.729. The van der Waals surface area contributed by atoms with Crippen molar-refractivity contribution in [3.05, 3.63) is 0 Å². The molecule has 0 radical (unpaired) electrons. The molecule has 0 N–H and O–H groups in total. The van der Waals surface area contributed by atoms with Crippen LogP contribution in [0, 0.1) is 0 Å². The van der Waals surface area contributed by atoms with Crippen molar-refractivity contribution in [1.29, 1.82) is 0 Å². The Kier molecular flexibility index (Phi) is 3.16. The quantitative estimate of drug-likeness (QED) is 0.627. The minimum Gasteiger partial charge on any atom is -0.295 e. The number of hydrogen-bond acceptors (Lipinski definition) is 1. The monoisotopic (exact) mass is 169 g/mol. The van der Waals surface area contributed by atoms with Gasteiger partial charge in [0.15, 0.2) is 0 Å².